The molecule has 0 aliphatic heterocycles. The average Bonchev–Trinajstić information content (AvgIpc) is 2.38. The molecule has 2 N–H and O–H groups in total. The minimum Gasteiger partial charge on any atom is -0.480 e. The maximum absolute atomic E-state index is 9.20. The molecule has 1 aromatic carbocycles. The molecule has 18 heavy (non-hydrogen) atoms. The van der Waals surface area contributed by atoms with Crippen molar-refractivity contribution in [3.8, 4) is 23.1 Å². The molecule has 0 aliphatic rings. The van der Waals surface area contributed by atoms with E-state index in [1.807, 2.05) is 12.1 Å². The van der Waals surface area contributed by atoms with Crippen LogP contribution in [0.5, 0.6) is 5.88 Å². The molecule has 0 saturated heterocycles. The molecular weight excluding hydrogens is 250 g/mol. The number of hydrogen-bond acceptors (Lipinski definition) is 4. The van der Waals surface area contributed by atoms with Gasteiger partial charge in [-0.15, -0.1) is 0 Å². The van der Waals surface area contributed by atoms with Gasteiger partial charge in [-0.3, -0.25) is 0 Å². The van der Waals surface area contributed by atoms with Crippen LogP contribution in [0.25, 0.3) is 11.1 Å². The number of methoxy groups -OCH3 is 1. The van der Waals surface area contributed by atoms with Crippen molar-refractivity contribution < 1.29 is 4.74 Å². The Bertz CT molecular complexity index is 617. The molecule has 0 aliphatic carbocycles. The van der Waals surface area contributed by atoms with Gasteiger partial charge in [-0.1, -0.05) is 23.7 Å². The zero-order valence-corrected chi connectivity index (χ0v) is 10.4. The topological polar surface area (TPSA) is 71.9 Å². The summed E-state index contributed by atoms with van der Waals surface area (Å²) in [5, 5.41) is 9.83. The summed E-state index contributed by atoms with van der Waals surface area (Å²) in [4.78, 5) is 3.97. The predicted octanol–water partition coefficient (Wildman–Crippen LogP) is 2.86. The van der Waals surface area contributed by atoms with E-state index < -0.39 is 0 Å². The quantitative estimate of drug-likeness (QED) is 0.900. The first-order valence-electron chi connectivity index (χ1n) is 5.16. The molecule has 0 atom stereocenters. The van der Waals surface area contributed by atoms with E-state index in [0.717, 1.165) is 5.56 Å². The number of nitrogen functional groups attached to an aromatic ring is 1. The Balaban J connectivity index is 2.67. The van der Waals surface area contributed by atoms with E-state index in [1.54, 1.807) is 18.2 Å². The number of nitrogens with zero attached hydrogens (tertiary/aromatic N) is 2. The highest BCUT2D eigenvalue weighted by Gasteiger charge is 2.13. The molecular formula is C13H10ClN3O. The second-order valence-electron chi connectivity index (χ2n) is 3.60. The first-order valence-corrected chi connectivity index (χ1v) is 5.54. The van der Waals surface area contributed by atoms with Crippen molar-refractivity contribution in [3.63, 3.8) is 0 Å². The lowest BCUT2D eigenvalue weighted by Crippen LogP contribution is -1.99. The fraction of sp³-hybridized carbons (Fsp3) is 0.0769. The number of halogens is 1. The molecule has 1 aromatic heterocycles. The molecule has 0 unspecified atom stereocenters. The highest BCUT2D eigenvalue weighted by molar-refractivity contribution is 6.30. The van der Waals surface area contributed by atoms with Gasteiger partial charge >= 0.3 is 0 Å². The van der Waals surface area contributed by atoms with Crippen molar-refractivity contribution in [2.75, 3.05) is 12.8 Å². The summed E-state index contributed by atoms with van der Waals surface area (Å²) in [6.07, 6.45) is 0. The van der Waals surface area contributed by atoms with Crippen LogP contribution >= 0.6 is 11.6 Å². The fourth-order valence-electron chi connectivity index (χ4n) is 1.65. The molecule has 5 heteroatoms. The molecule has 0 radical (unpaired) electrons. The Morgan fingerprint density at radius 3 is 2.56 bits per heavy atom. The molecule has 4 nitrogen and oxygen atoms in total. The van der Waals surface area contributed by atoms with Gasteiger partial charge in [0.2, 0.25) is 5.88 Å². The van der Waals surface area contributed by atoms with E-state index in [1.165, 1.54) is 7.11 Å². The molecule has 0 fully saturated rings. The van der Waals surface area contributed by atoms with Crippen LogP contribution < -0.4 is 10.5 Å². The number of ether oxygens (including phenoxy) is 1. The van der Waals surface area contributed by atoms with Crippen molar-refractivity contribution in [1.82, 2.24) is 4.98 Å². The van der Waals surface area contributed by atoms with Gasteiger partial charge in [0.1, 0.15) is 17.5 Å². The highest BCUT2D eigenvalue weighted by atomic mass is 35.5. The maximum atomic E-state index is 9.20. The van der Waals surface area contributed by atoms with E-state index in [9.17, 15) is 5.26 Å². The van der Waals surface area contributed by atoms with E-state index in [4.69, 9.17) is 22.1 Å². The fourth-order valence-corrected chi connectivity index (χ4v) is 1.78. The van der Waals surface area contributed by atoms with Gasteiger partial charge in [-0.2, -0.15) is 10.2 Å². The van der Waals surface area contributed by atoms with E-state index in [2.05, 4.69) is 11.1 Å². The standard InChI is InChI=1S/C13H10ClN3O/c1-18-13-11(7-15)10(6-12(16)17-13)8-2-4-9(14)5-3-8/h2-6H,1H3,(H2,16,17). The van der Waals surface area contributed by atoms with Gasteiger partial charge in [0.15, 0.2) is 0 Å². The van der Waals surface area contributed by atoms with Gasteiger partial charge in [0.25, 0.3) is 0 Å². The number of benzene rings is 1. The summed E-state index contributed by atoms with van der Waals surface area (Å²) < 4.78 is 5.06. The summed E-state index contributed by atoms with van der Waals surface area (Å²) in [5.74, 6) is 0.526. The summed E-state index contributed by atoms with van der Waals surface area (Å²) in [6.45, 7) is 0. The second kappa shape index (κ2) is 4.94. The lowest BCUT2D eigenvalue weighted by molar-refractivity contribution is 0.397. The first kappa shape index (κ1) is 12.2. The van der Waals surface area contributed by atoms with Crippen molar-refractivity contribution in [3.05, 3.63) is 40.9 Å². The number of nitrogens with two attached hydrogens (primary N) is 1. The SMILES string of the molecule is COc1nc(N)cc(-c2ccc(Cl)cc2)c1C#N. The molecule has 90 valence electrons. The molecule has 2 rings (SSSR count). The Labute approximate surface area is 110 Å². The monoisotopic (exact) mass is 259 g/mol. The van der Waals surface area contributed by atoms with Crippen molar-refractivity contribution in [1.29, 1.82) is 5.26 Å². The number of hydrogen-bond donors (Lipinski definition) is 1. The van der Waals surface area contributed by atoms with Gasteiger partial charge in [-0.05, 0) is 23.8 Å². The van der Waals surface area contributed by atoms with Crippen LogP contribution in [0.1, 0.15) is 5.56 Å². The van der Waals surface area contributed by atoms with Crippen LogP contribution in [0, 0.1) is 11.3 Å². The lowest BCUT2D eigenvalue weighted by Gasteiger charge is -2.09. The van der Waals surface area contributed by atoms with Crippen LogP contribution in [-0.2, 0) is 0 Å². The third kappa shape index (κ3) is 2.22. The largest absolute Gasteiger partial charge is 0.480 e. The van der Waals surface area contributed by atoms with E-state index in [0.29, 0.717) is 22.0 Å². The second-order valence-corrected chi connectivity index (χ2v) is 4.03. The Hall–Kier alpha value is -2.25. The van der Waals surface area contributed by atoms with Gasteiger partial charge < -0.3 is 10.5 Å². The normalized spacial score (nSPS) is 9.83. The lowest BCUT2D eigenvalue weighted by atomic mass is 10.0. The molecule has 0 amide bonds. The van der Waals surface area contributed by atoms with Gasteiger partial charge in [0.05, 0.1) is 7.11 Å². The third-order valence-electron chi connectivity index (χ3n) is 2.47. The smallest absolute Gasteiger partial charge is 0.234 e. The van der Waals surface area contributed by atoms with Crippen LogP contribution in [-0.4, -0.2) is 12.1 Å². The summed E-state index contributed by atoms with van der Waals surface area (Å²) in [5.41, 5.74) is 7.57. The minimum atomic E-state index is 0.224. The molecule has 0 bridgehead atoms. The van der Waals surface area contributed by atoms with Crippen LogP contribution in [0.15, 0.2) is 30.3 Å². The number of pyridine rings is 1. The van der Waals surface area contributed by atoms with Gasteiger partial charge in [-0.25, -0.2) is 0 Å². The highest BCUT2D eigenvalue weighted by Crippen LogP contribution is 2.31. The number of rotatable bonds is 2. The first-order chi connectivity index (χ1) is 8.65. The number of aromatic nitrogens is 1. The third-order valence-corrected chi connectivity index (χ3v) is 2.72. The summed E-state index contributed by atoms with van der Waals surface area (Å²) in [6, 6.07) is 10.9. The van der Waals surface area contributed by atoms with Crippen LogP contribution in [0.4, 0.5) is 5.82 Å². The van der Waals surface area contributed by atoms with E-state index in [-0.39, 0.29) is 5.88 Å². The molecule has 2 aromatic rings. The average molecular weight is 260 g/mol. The zero-order valence-electron chi connectivity index (χ0n) is 9.64. The zero-order chi connectivity index (χ0) is 13.1. The summed E-state index contributed by atoms with van der Waals surface area (Å²) in [7, 11) is 1.45. The minimum absolute atomic E-state index is 0.224. The Kier molecular flexibility index (Phi) is 3.35. The van der Waals surface area contributed by atoms with Crippen LogP contribution in [0.2, 0.25) is 5.02 Å². The van der Waals surface area contributed by atoms with Crippen molar-refractivity contribution in [2.24, 2.45) is 0 Å². The predicted molar refractivity (Wildman–Crippen MR) is 70.4 cm³/mol. The van der Waals surface area contributed by atoms with Gasteiger partial charge in [0, 0.05) is 10.6 Å². The van der Waals surface area contributed by atoms with Crippen molar-refractivity contribution in [2.45, 2.75) is 0 Å². The maximum Gasteiger partial charge on any atom is 0.234 e. The van der Waals surface area contributed by atoms with E-state index >= 15 is 0 Å². The Morgan fingerprint density at radius 1 is 1.33 bits per heavy atom. The molecule has 0 saturated carbocycles. The summed E-state index contributed by atoms with van der Waals surface area (Å²) >= 11 is 5.84. The molecule has 1 heterocycles. The van der Waals surface area contributed by atoms with Crippen molar-refractivity contribution >= 4 is 17.4 Å². The number of anilines is 1. The molecule has 0 spiro atoms. The Morgan fingerprint density at radius 2 is 2.00 bits per heavy atom. The number of nitriles is 1. The van der Waals surface area contributed by atoms with Crippen LogP contribution in [0.3, 0.4) is 0 Å².